The quantitative estimate of drug-likeness (QED) is 0.514. The van der Waals surface area contributed by atoms with Gasteiger partial charge in [-0.05, 0) is 0 Å². The third kappa shape index (κ3) is 0.932. The lowest BCUT2D eigenvalue weighted by Crippen LogP contribution is -2.07. The van der Waals surface area contributed by atoms with Gasteiger partial charge in [-0.3, -0.25) is 0 Å². The van der Waals surface area contributed by atoms with E-state index in [2.05, 4.69) is 0 Å². The molecule has 0 amide bonds. The normalized spacial score (nSPS) is 51.0. The minimum Gasteiger partial charge on any atom is -0.353 e. The van der Waals surface area contributed by atoms with Gasteiger partial charge in [0.1, 0.15) is 12.2 Å². The Hall–Kier alpha value is -0.160. The molecule has 0 spiro atoms. The number of hydrogen-bond acceptors (Lipinski definition) is 4. The number of methoxy groups -OCH3 is 2. The third-order valence-corrected chi connectivity index (χ3v) is 1.75. The molecule has 0 N–H and O–H groups in total. The summed E-state index contributed by atoms with van der Waals surface area (Å²) in [5.41, 5.74) is 0. The van der Waals surface area contributed by atoms with E-state index in [9.17, 15) is 0 Å². The molecule has 0 aromatic heterocycles. The van der Waals surface area contributed by atoms with Crippen molar-refractivity contribution in [2.45, 2.75) is 24.8 Å². The molecule has 0 aromatic rings. The zero-order valence-electron chi connectivity index (χ0n) is 5.94. The summed E-state index contributed by atoms with van der Waals surface area (Å²) in [6.45, 7) is 0. The Morgan fingerprint density at radius 3 is 1.50 bits per heavy atom. The topological polar surface area (TPSA) is 43.5 Å². The van der Waals surface area contributed by atoms with E-state index in [1.54, 1.807) is 14.2 Å². The number of rotatable bonds is 3. The van der Waals surface area contributed by atoms with Crippen molar-refractivity contribution in [1.29, 1.82) is 0 Å². The van der Waals surface area contributed by atoms with Gasteiger partial charge < -0.3 is 18.9 Å². The lowest BCUT2D eigenvalue weighted by atomic mass is 10.3. The van der Waals surface area contributed by atoms with Crippen molar-refractivity contribution < 1.29 is 18.9 Å². The second-order valence-electron chi connectivity index (χ2n) is 2.41. The highest BCUT2D eigenvalue weighted by atomic mass is 16.8. The Morgan fingerprint density at radius 2 is 1.30 bits per heavy atom. The molecule has 0 bridgehead atoms. The molecule has 4 unspecified atom stereocenters. The van der Waals surface area contributed by atoms with Crippen LogP contribution in [0.5, 0.6) is 0 Å². The number of ether oxygens (including phenoxy) is 4. The van der Waals surface area contributed by atoms with Gasteiger partial charge in [0.25, 0.3) is 0 Å². The highest BCUT2D eigenvalue weighted by Gasteiger charge is 2.58. The summed E-state index contributed by atoms with van der Waals surface area (Å²) in [6, 6.07) is 0. The molecular weight excluding hydrogens is 136 g/mol. The lowest BCUT2D eigenvalue weighted by molar-refractivity contribution is 0.0947. The van der Waals surface area contributed by atoms with E-state index in [0.717, 1.165) is 0 Å². The minimum atomic E-state index is -0.0647. The first kappa shape index (κ1) is 6.54. The summed E-state index contributed by atoms with van der Waals surface area (Å²) >= 11 is 0. The predicted molar refractivity (Wildman–Crippen MR) is 31.3 cm³/mol. The molecular formula is C6H10O4. The Morgan fingerprint density at radius 1 is 0.900 bits per heavy atom. The van der Waals surface area contributed by atoms with Crippen molar-refractivity contribution in [1.82, 2.24) is 0 Å². The molecule has 4 nitrogen and oxygen atoms in total. The molecule has 2 aliphatic heterocycles. The molecule has 0 saturated carbocycles. The molecule has 2 heterocycles. The van der Waals surface area contributed by atoms with E-state index in [1.807, 2.05) is 0 Å². The maximum Gasteiger partial charge on any atom is 0.186 e. The Kier molecular flexibility index (Phi) is 1.42. The van der Waals surface area contributed by atoms with Crippen LogP contribution in [0.25, 0.3) is 0 Å². The van der Waals surface area contributed by atoms with Crippen LogP contribution in [-0.4, -0.2) is 39.0 Å². The molecule has 0 radical (unpaired) electrons. The second-order valence-corrected chi connectivity index (χ2v) is 2.41. The minimum absolute atomic E-state index is 0.0647. The second kappa shape index (κ2) is 2.17. The average molecular weight is 146 g/mol. The van der Waals surface area contributed by atoms with Crippen LogP contribution in [0.2, 0.25) is 0 Å². The maximum atomic E-state index is 5.09. The van der Waals surface area contributed by atoms with Gasteiger partial charge in [0.05, 0.1) is 0 Å². The molecule has 4 heteroatoms. The number of epoxide rings is 2. The first-order valence-corrected chi connectivity index (χ1v) is 3.23. The zero-order chi connectivity index (χ0) is 7.14. The van der Waals surface area contributed by atoms with E-state index in [4.69, 9.17) is 18.9 Å². The lowest BCUT2D eigenvalue weighted by Gasteiger charge is -1.85. The van der Waals surface area contributed by atoms with Crippen LogP contribution in [0.4, 0.5) is 0 Å². The van der Waals surface area contributed by atoms with Crippen molar-refractivity contribution in [3.63, 3.8) is 0 Å². The summed E-state index contributed by atoms with van der Waals surface area (Å²) in [7, 11) is 3.24. The van der Waals surface area contributed by atoms with Crippen molar-refractivity contribution >= 4 is 0 Å². The first-order chi connectivity index (χ1) is 4.86. The van der Waals surface area contributed by atoms with E-state index in [0.29, 0.717) is 0 Å². The summed E-state index contributed by atoms with van der Waals surface area (Å²) in [4.78, 5) is 0. The van der Waals surface area contributed by atoms with Gasteiger partial charge in [0, 0.05) is 14.2 Å². The summed E-state index contributed by atoms with van der Waals surface area (Å²) in [6.07, 6.45) is 0.0835. The highest BCUT2D eigenvalue weighted by molar-refractivity contribution is 4.95. The number of hydrogen-bond donors (Lipinski definition) is 0. The Balaban J connectivity index is 1.74. The van der Waals surface area contributed by atoms with Gasteiger partial charge >= 0.3 is 0 Å². The van der Waals surface area contributed by atoms with Crippen LogP contribution < -0.4 is 0 Å². The molecule has 2 fully saturated rings. The van der Waals surface area contributed by atoms with Gasteiger partial charge in [-0.25, -0.2) is 0 Å². The standard InChI is InChI=1S/C6H10O4/c1-7-5-3(9-5)4-6(8-2)10-4/h3-6H,1-2H3. The smallest absolute Gasteiger partial charge is 0.186 e. The van der Waals surface area contributed by atoms with Gasteiger partial charge in [0.15, 0.2) is 12.6 Å². The molecule has 10 heavy (non-hydrogen) atoms. The summed E-state index contributed by atoms with van der Waals surface area (Å²) < 4.78 is 20.0. The first-order valence-electron chi connectivity index (χ1n) is 3.23. The van der Waals surface area contributed by atoms with Crippen LogP contribution in [0.3, 0.4) is 0 Å². The fourth-order valence-corrected chi connectivity index (χ4v) is 1.06. The maximum absolute atomic E-state index is 5.09. The summed E-state index contributed by atoms with van der Waals surface area (Å²) in [5, 5.41) is 0. The van der Waals surface area contributed by atoms with E-state index >= 15 is 0 Å². The van der Waals surface area contributed by atoms with Crippen LogP contribution in [0.1, 0.15) is 0 Å². The van der Waals surface area contributed by atoms with Crippen LogP contribution in [0.15, 0.2) is 0 Å². The fraction of sp³-hybridized carbons (Fsp3) is 1.00. The van der Waals surface area contributed by atoms with Crippen LogP contribution in [0, 0.1) is 0 Å². The summed E-state index contributed by atoms with van der Waals surface area (Å²) in [5.74, 6) is 0. The van der Waals surface area contributed by atoms with Crippen molar-refractivity contribution in [2.75, 3.05) is 14.2 Å². The fourth-order valence-electron chi connectivity index (χ4n) is 1.06. The third-order valence-electron chi connectivity index (χ3n) is 1.75. The Bertz CT molecular complexity index is 122. The molecule has 2 aliphatic rings. The van der Waals surface area contributed by atoms with Crippen LogP contribution in [-0.2, 0) is 18.9 Å². The van der Waals surface area contributed by atoms with Gasteiger partial charge in [-0.15, -0.1) is 0 Å². The van der Waals surface area contributed by atoms with E-state index in [-0.39, 0.29) is 24.8 Å². The predicted octanol–water partition coefficient (Wildman–Crippen LogP) is -0.271. The monoisotopic (exact) mass is 146 g/mol. The van der Waals surface area contributed by atoms with Crippen molar-refractivity contribution in [3.8, 4) is 0 Å². The zero-order valence-corrected chi connectivity index (χ0v) is 5.94. The molecule has 58 valence electrons. The van der Waals surface area contributed by atoms with E-state index in [1.165, 1.54) is 0 Å². The molecule has 0 aromatic carbocycles. The van der Waals surface area contributed by atoms with Gasteiger partial charge in [-0.2, -0.15) is 0 Å². The molecule has 4 atom stereocenters. The average Bonchev–Trinajstić information content (AvgIpc) is 2.83. The molecule has 0 aliphatic carbocycles. The Labute approximate surface area is 59.0 Å². The SMILES string of the molecule is COC1OC1C1OC1OC. The molecule has 2 saturated heterocycles. The van der Waals surface area contributed by atoms with E-state index < -0.39 is 0 Å². The van der Waals surface area contributed by atoms with Crippen LogP contribution >= 0.6 is 0 Å². The van der Waals surface area contributed by atoms with Gasteiger partial charge in [-0.1, -0.05) is 0 Å². The highest BCUT2D eigenvalue weighted by Crippen LogP contribution is 2.38. The largest absolute Gasteiger partial charge is 0.353 e. The van der Waals surface area contributed by atoms with Crippen molar-refractivity contribution in [2.24, 2.45) is 0 Å². The van der Waals surface area contributed by atoms with Crippen molar-refractivity contribution in [3.05, 3.63) is 0 Å². The van der Waals surface area contributed by atoms with Gasteiger partial charge in [0.2, 0.25) is 0 Å². The molecule has 2 rings (SSSR count).